The Kier molecular flexibility index (Phi) is 32.3. The number of aliphatic hydroxyl groups is 1. The summed E-state index contributed by atoms with van der Waals surface area (Å²) in [5.41, 5.74) is 13.5. The van der Waals surface area contributed by atoms with Crippen LogP contribution in [-0.2, 0) is 44.9 Å². The molecular weight excluding hydrogens is 1690 g/mol. The second-order valence-corrected chi connectivity index (χ2v) is 34.6. The fourth-order valence-corrected chi connectivity index (χ4v) is 16.5. The van der Waals surface area contributed by atoms with Crippen LogP contribution in [0.5, 0.6) is 0 Å². The second kappa shape index (κ2) is 44.5. The highest BCUT2D eigenvalue weighted by Crippen LogP contribution is 2.30. The average molecular weight is 1800 g/mol. The van der Waals surface area contributed by atoms with Gasteiger partial charge < -0.3 is 60.7 Å². The molecular formula is C94H110Cl4N24O5. The molecule has 29 nitrogen and oxygen atoms in total. The van der Waals surface area contributed by atoms with Gasteiger partial charge >= 0.3 is 0 Å². The third kappa shape index (κ3) is 26.3. The van der Waals surface area contributed by atoms with Crippen LogP contribution in [0.1, 0.15) is 103 Å². The number of likely N-dealkylation sites (N-methyl/N-ethyl adjacent to an activating group) is 2. The molecule has 0 saturated carbocycles. The van der Waals surface area contributed by atoms with Gasteiger partial charge in [-0.3, -0.25) is 24.1 Å². The number of piperidine rings is 1. The van der Waals surface area contributed by atoms with Crippen molar-refractivity contribution in [1.29, 1.82) is 0 Å². The van der Waals surface area contributed by atoms with E-state index in [0.29, 0.717) is 130 Å². The van der Waals surface area contributed by atoms with Crippen LogP contribution in [0.25, 0.3) is 44.1 Å². The standard InChI is InChI=1S/C26H31ClN6O.C23H27ClN6O2.C23H27ClN6O.C22H25ClN6O/c1-18-25-22(29-26(28-18)33-16-12-21(13-17-33)32-14-2-3-15-32)9-10-23(31-25)30-24(34)11-6-19-4-7-20(27)8-5-19;1-16-22-19(26-23(25-16)30-12-10-29(11-13-30)14-15-31)7-8-20(28-22)27-21(32)9-4-17-2-5-18(24)6-3-17;1-16-22-19(26-23(25-16)30-13-3-12-29(2)14-15-30)9-10-20(28-22)27-21(31)11-6-17-4-7-18(24)8-5-17;1-15-21-18(25-22(24-15)29-13-11-28(2)12-14-29)8-9-19(27-21)26-20(30)10-5-16-3-6-17(23)7-4-16/h4-5,7-10,21H,2-3,6,11-17H2,1H3,(H,30,31,34);2-3,5-8,31H,4,9-15H2,1H3,(H,27,28,32);4-5,7-10H,3,6,11-15H2,1-2H3,(H,27,28,31);3-4,6-9H,5,10-14H2,1-2H3,(H,26,27,30). The Morgan fingerprint density at radius 3 is 0.898 bits per heavy atom. The first-order chi connectivity index (χ1) is 61.5. The summed E-state index contributed by atoms with van der Waals surface area (Å²) < 4.78 is 0. The number of β-amino-alcohol motifs (C(OH)–C–C–N with tert-alkyl or cyclic N) is 1. The van der Waals surface area contributed by atoms with Crippen molar-refractivity contribution in [3.8, 4) is 0 Å². The highest BCUT2D eigenvalue weighted by molar-refractivity contribution is 6.31. The van der Waals surface area contributed by atoms with E-state index >= 15 is 0 Å². The molecule has 0 unspecified atom stereocenters. The van der Waals surface area contributed by atoms with Crippen molar-refractivity contribution in [3.63, 3.8) is 0 Å². The summed E-state index contributed by atoms with van der Waals surface area (Å²) in [5.74, 6) is 4.71. The van der Waals surface area contributed by atoms with E-state index in [2.05, 4.69) is 104 Å². The Labute approximate surface area is 760 Å². The minimum absolute atomic E-state index is 0.0714. The molecule has 664 valence electrons. The van der Waals surface area contributed by atoms with Crippen molar-refractivity contribution in [2.24, 2.45) is 0 Å². The Balaban J connectivity index is 0.000000137. The van der Waals surface area contributed by atoms with E-state index in [4.69, 9.17) is 81.4 Å². The van der Waals surface area contributed by atoms with Crippen LogP contribution in [0, 0.1) is 27.7 Å². The maximum atomic E-state index is 12.4. The largest absolute Gasteiger partial charge is 0.395 e. The summed E-state index contributed by atoms with van der Waals surface area (Å²) in [6.07, 6.45) is 10.2. The lowest BCUT2D eigenvalue weighted by Crippen LogP contribution is -2.47. The Bertz CT molecular complexity index is 5760. The SMILES string of the molecule is Cc1nc(N2CCC(N3CCCC3)CC2)nc2ccc(NC(=O)CCc3ccc(Cl)cc3)nc12.Cc1nc(N2CCCN(C)CC2)nc2ccc(NC(=O)CCc3ccc(Cl)cc3)nc12.Cc1nc(N2CCN(C)CC2)nc2ccc(NC(=O)CCc3ccc(Cl)cc3)nc12.Cc1nc(N2CCN(CCO)CC2)nc2ccc(NC(=O)CCc3ccc(Cl)cc3)nc12. The molecule has 0 aliphatic carbocycles. The van der Waals surface area contributed by atoms with Crippen LogP contribution in [0.2, 0.25) is 20.1 Å². The number of anilines is 8. The van der Waals surface area contributed by atoms with E-state index in [1.165, 1.54) is 38.8 Å². The molecule has 5 aliphatic heterocycles. The van der Waals surface area contributed by atoms with Gasteiger partial charge in [0.1, 0.15) is 45.3 Å². The molecule has 12 aromatic rings. The normalized spacial score (nSPS) is 15.6. The van der Waals surface area contributed by atoms with Gasteiger partial charge in [-0.2, -0.15) is 0 Å². The zero-order chi connectivity index (χ0) is 88.9. The number of rotatable bonds is 23. The second-order valence-electron chi connectivity index (χ2n) is 32.8. The molecule has 17 rings (SSSR count). The van der Waals surface area contributed by atoms with Gasteiger partial charge in [0.25, 0.3) is 0 Å². The number of benzene rings is 4. The fourth-order valence-electron chi connectivity index (χ4n) is 16.0. The number of halogens is 4. The van der Waals surface area contributed by atoms with Gasteiger partial charge in [-0.05, 0) is 239 Å². The molecule has 13 heterocycles. The van der Waals surface area contributed by atoms with Crippen molar-refractivity contribution in [3.05, 3.63) is 211 Å². The molecule has 4 amide bonds. The molecule has 5 saturated heterocycles. The molecule has 5 fully saturated rings. The molecule has 127 heavy (non-hydrogen) atoms. The third-order valence-corrected chi connectivity index (χ3v) is 24.4. The number of carbonyl (C=O) groups is 4. The summed E-state index contributed by atoms with van der Waals surface area (Å²) in [6, 6.07) is 45.6. The van der Waals surface area contributed by atoms with E-state index < -0.39 is 0 Å². The lowest BCUT2D eigenvalue weighted by molar-refractivity contribution is -0.117. The number of hydrogen-bond acceptors (Lipinski definition) is 25. The van der Waals surface area contributed by atoms with Crippen LogP contribution < -0.4 is 40.9 Å². The number of carbonyl (C=O) groups excluding carboxylic acids is 4. The number of aryl methyl sites for hydroxylation is 8. The maximum Gasteiger partial charge on any atom is 0.226 e. The number of pyridine rings is 4. The highest BCUT2D eigenvalue weighted by atomic mass is 35.5. The fraction of sp³-hybridized carbons (Fsp3) is 0.404. The molecule has 5 aliphatic rings. The van der Waals surface area contributed by atoms with Gasteiger partial charge in [-0.15, -0.1) is 0 Å². The number of aliphatic hydroxyl groups excluding tert-OH is 1. The van der Waals surface area contributed by atoms with E-state index in [-0.39, 0.29) is 30.2 Å². The van der Waals surface area contributed by atoms with Crippen molar-refractivity contribution in [2.75, 3.05) is 173 Å². The highest BCUT2D eigenvalue weighted by Gasteiger charge is 2.29. The van der Waals surface area contributed by atoms with Gasteiger partial charge in [0.05, 0.1) is 51.4 Å². The van der Waals surface area contributed by atoms with Crippen molar-refractivity contribution in [1.82, 2.24) is 79.4 Å². The van der Waals surface area contributed by atoms with Crippen LogP contribution >= 0.6 is 46.4 Å². The van der Waals surface area contributed by atoms with Crippen molar-refractivity contribution in [2.45, 2.75) is 117 Å². The van der Waals surface area contributed by atoms with Gasteiger partial charge in [-0.1, -0.05) is 94.9 Å². The summed E-state index contributed by atoms with van der Waals surface area (Å²) >= 11 is 23.6. The minimum atomic E-state index is -0.0947. The first kappa shape index (κ1) is 92.1. The van der Waals surface area contributed by atoms with Crippen molar-refractivity contribution >= 4 is 161 Å². The number of nitrogens with zero attached hydrogens (tertiary/aromatic N) is 20. The molecule has 0 bridgehead atoms. The van der Waals surface area contributed by atoms with Gasteiger partial charge in [0.15, 0.2) is 0 Å². The van der Waals surface area contributed by atoms with Crippen LogP contribution in [-0.4, -0.2) is 246 Å². The zero-order valence-electron chi connectivity index (χ0n) is 72.9. The lowest BCUT2D eigenvalue weighted by atomic mass is 10.0. The minimum Gasteiger partial charge on any atom is -0.395 e. The summed E-state index contributed by atoms with van der Waals surface area (Å²) in [5, 5.41) is 23.4. The summed E-state index contributed by atoms with van der Waals surface area (Å²) in [4.78, 5) is 124. The van der Waals surface area contributed by atoms with E-state index in [0.717, 1.165) is 189 Å². The average Bonchev–Trinajstić information content (AvgIpc) is 1.71. The molecule has 33 heteroatoms. The topological polar surface area (TPSA) is 317 Å². The number of hydrogen-bond donors (Lipinski definition) is 5. The maximum absolute atomic E-state index is 12.4. The lowest BCUT2D eigenvalue weighted by Gasteiger charge is -2.36. The molecule has 0 atom stereocenters. The van der Waals surface area contributed by atoms with E-state index in [9.17, 15) is 19.2 Å². The van der Waals surface area contributed by atoms with Crippen LogP contribution in [0.15, 0.2) is 146 Å². The zero-order valence-corrected chi connectivity index (χ0v) is 75.9. The first-order valence-electron chi connectivity index (χ1n) is 43.8. The van der Waals surface area contributed by atoms with E-state index in [1.807, 2.05) is 155 Å². The first-order valence-corrected chi connectivity index (χ1v) is 45.3. The summed E-state index contributed by atoms with van der Waals surface area (Å²) in [6.45, 7) is 24.3. The van der Waals surface area contributed by atoms with Gasteiger partial charge in [0, 0.05) is 143 Å². The number of piperazine rings is 2. The summed E-state index contributed by atoms with van der Waals surface area (Å²) in [7, 11) is 4.27. The van der Waals surface area contributed by atoms with E-state index in [1.54, 1.807) is 18.2 Å². The number of nitrogens with one attached hydrogen (secondary N) is 4. The predicted molar refractivity (Wildman–Crippen MR) is 508 cm³/mol. The Morgan fingerprint density at radius 1 is 0.323 bits per heavy atom. The molecule has 0 spiro atoms. The predicted octanol–water partition coefficient (Wildman–Crippen LogP) is 14.3. The third-order valence-electron chi connectivity index (χ3n) is 23.4. The van der Waals surface area contributed by atoms with Gasteiger partial charge in [0.2, 0.25) is 47.4 Å². The molecule has 4 aromatic carbocycles. The van der Waals surface area contributed by atoms with Crippen LogP contribution in [0.4, 0.5) is 47.1 Å². The molecule has 5 N–H and O–H groups in total. The van der Waals surface area contributed by atoms with Crippen LogP contribution in [0.3, 0.4) is 0 Å². The van der Waals surface area contributed by atoms with Crippen molar-refractivity contribution < 1.29 is 24.3 Å². The van der Waals surface area contributed by atoms with Gasteiger partial charge in [-0.25, -0.2) is 59.8 Å². The molecule has 0 radical (unpaired) electrons. The number of amides is 4. The quantitative estimate of drug-likeness (QED) is 0.0397. The smallest absolute Gasteiger partial charge is 0.226 e. The molecule has 8 aromatic heterocycles. The monoisotopic (exact) mass is 1790 g/mol. The number of fused-ring (bicyclic) bond motifs is 4. The Morgan fingerprint density at radius 2 is 0.598 bits per heavy atom. The Hall–Kier alpha value is -11.1. The number of aromatic nitrogens is 12. The number of likely N-dealkylation sites (tertiary alicyclic amines) is 1.